The van der Waals surface area contributed by atoms with Gasteiger partial charge in [0, 0.05) is 47.6 Å². The van der Waals surface area contributed by atoms with Gasteiger partial charge in [0.15, 0.2) is 0 Å². The second kappa shape index (κ2) is 14.5. The molecule has 2 amide bonds. The largest absolute Gasteiger partial charge is 0.352 e. The first-order valence-electron chi connectivity index (χ1n) is 13.1. The van der Waals surface area contributed by atoms with Gasteiger partial charge in [0.25, 0.3) is 0 Å². The van der Waals surface area contributed by atoms with Gasteiger partial charge in [-0.1, -0.05) is 77.8 Å². The third-order valence-electron chi connectivity index (χ3n) is 6.29. The van der Waals surface area contributed by atoms with Crippen molar-refractivity contribution in [2.75, 3.05) is 17.1 Å². The van der Waals surface area contributed by atoms with E-state index in [1.165, 1.54) is 9.21 Å². The Morgan fingerprint density at radius 3 is 2.00 bits per heavy atom. The van der Waals surface area contributed by atoms with Crippen LogP contribution in [0.5, 0.6) is 0 Å². The summed E-state index contributed by atoms with van der Waals surface area (Å²) in [5.74, 6) is -0.602. The smallest absolute Gasteiger partial charge is 0.243 e. The average Bonchev–Trinajstić information content (AvgIpc) is 2.90. The highest BCUT2D eigenvalue weighted by Crippen LogP contribution is 2.28. The van der Waals surface area contributed by atoms with E-state index < -0.39 is 16.1 Å². The lowest BCUT2D eigenvalue weighted by Gasteiger charge is -2.33. The van der Waals surface area contributed by atoms with Crippen molar-refractivity contribution in [3.8, 4) is 0 Å². The summed E-state index contributed by atoms with van der Waals surface area (Å²) in [6.45, 7) is 3.85. The first-order chi connectivity index (χ1) is 19.0. The zero-order chi connectivity index (χ0) is 29.3. The van der Waals surface area contributed by atoms with Gasteiger partial charge in [-0.25, -0.2) is 8.42 Å². The van der Waals surface area contributed by atoms with Crippen molar-refractivity contribution in [2.24, 2.45) is 0 Å². The number of para-hydroxylation sites is 1. The minimum Gasteiger partial charge on any atom is -0.352 e. The lowest BCUT2D eigenvalue weighted by molar-refractivity contribution is -0.141. The highest BCUT2D eigenvalue weighted by Gasteiger charge is 2.31. The van der Waals surface area contributed by atoms with Crippen LogP contribution in [0.1, 0.15) is 37.8 Å². The van der Waals surface area contributed by atoms with Gasteiger partial charge >= 0.3 is 0 Å². The quantitative estimate of drug-likeness (QED) is 0.271. The lowest BCUT2D eigenvalue weighted by Crippen LogP contribution is -2.52. The van der Waals surface area contributed by atoms with E-state index in [1.807, 2.05) is 44.2 Å². The lowest BCUT2D eigenvalue weighted by atomic mass is 10.0. The number of carbonyl (C=O) groups excluding carboxylic acids is 2. The van der Waals surface area contributed by atoms with Crippen LogP contribution in [0.4, 0.5) is 5.69 Å². The Kier molecular flexibility index (Phi) is 11.4. The summed E-state index contributed by atoms with van der Waals surface area (Å²) in [7, 11) is -3.57. The van der Waals surface area contributed by atoms with Gasteiger partial charge in [-0.15, -0.1) is 0 Å². The molecule has 7 nitrogen and oxygen atoms in total. The van der Waals surface area contributed by atoms with Crippen LogP contribution in [-0.4, -0.2) is 50.0 Å². The van der Waals surface area contributed by atoms with Crippen LogP contribution in [0.15, 0.2) is 78.9 Å². The molecule has 3 rings (SSSR count). The number of rotatable bonds is 13. The molecule has 0 heterocycles. The SMILES string of the molecule is CC(C)NC(=O)[C@@H](Cc1ccccc1)N(Cc1c(Cl)cccc1Cl)C(=O)CCCN(c1ccccc1)S(C)(=O)=O. The van der Waals surface area contributed by atoms with Crippen LogP contribution in [-0.2, 0) is 32.6 Å². The van der Waals surface area contributed by atoms with Crippen LogP contribution in [0.3, 0.4) is 0 Å². The Labute approximate surface area is 247 Å². The standard InChI is InChI=1S/C30H35Cl2N3O4S/c1-22(2)33-30(37)28(20-23-12-6-4-7-13-23)34(21-25-26(31)16-10-17-27(25)32)29(36)18-11-19-35(40(3,38)39)24-14-8-5-9-15-24/h4-10,12-17,22,28H,11,18-21H2,1-3H3,(H,33,37)/t28-/m1/s1. The molecule has 0 bridgehead atoms. The Bertz CT molecular complexity index is 1370. The number of benzene rings is 3. The molecule has 1 N–H and O–H groups in total. The fraction of sp³-hybridized carbons (Fsp3) is 0.333. The zero-order valence-electron chi connectivity index (χ0n) is 22.9. The molecule has 0 aliphatic rings. The van der Waals surface area contributed by atoms with Crippen LogP contribution in [0, 0.1) is 0 Å². The molecule has 0 saturated carbocycles. The maximum absolute atomic E-state index is 13.9. The van der Waals surface area contributed by atoms with Gasteiger partial charge < -0.3 is 10.2 Å². The normalized spacial score (nSPS) is 12.2. The molecular weight excluding hydrogens is 569 g/mol. The molecule has 0 radical (unpaired) electrons. The third-order valence-corrected chi connectivity index (χ3v) is 8.19. The van der Waals surface area contributed by atoms with Crippen molar-refractivity contribution in [3.63, 3.8) is 0 Å². The van der Waals surface area contributed by atoms with E-state index in [2.05, 4.69) is 5.32 Å². The number of nitrogens with zero attached hydrogens (tertiary/aromatic N) is 2. The van der Waals surface area contributed by atoms with E-state index in [4.69, 9.17) is 23.2 Å². The van der Waals surface area contributed by atoms with Crippen LogP contribution in [0.2, 0.25) is 10.0 Å². The number of nitrogens with one attached hydrogen (secondary N) is 1. The first-order valence-corrected chi connectivity index (χ1v) is 15.7. The topological polar surface area (TPSA) is 86.8 Å². The van der Waals surface area contributed by atoms with E-state index in [0.29, 0.717) is 21.3 Å². The Balaban J connectivity index is 1.92. The highest BCUT2D eigenvalue weighted by atomic mass is 35.5. The maximum Gasteiger partial charge on any atom is 0.243 e. The van der Waals surface area contributed by atoms with Gasteiger partial charge in [-0.3, -0.25) is 13.9 Å². The molecular formula is C30H35Cl2N3O4S. The highest BCUT2D eigenvalue weighted by molar-refractivity contribution is 7.92. The summed E-state index contributed by atoms with van der Waals surface area (Å²) in [4.78, 5) is 28.9. The van der Waals surface area contributed by atoms with Crippen molar-refractivity contribution in [1.29, 1.82) is 0 Å². The molecule has 40 heavy (non-hydrogen) atoms. The number of hydrogen-bond donors (Lipinski definition) is 1. The molecule has 0 unspecified atom stereocenters. The minimum atomic E-state index is -3.57. The number of sulfonamides is 1. The minimum absolute atomic E-state index is 0.0151. The van der Waals surface area contributed by atoms with E-state index in [1.54, 1.807) is 48.5 Å². The number of hydrogen-bond acceptors (Lipinski definition) is 4. The van der Waals surface area contributed by atoms with Crippen molar-refractivity contribution in [2.45, 2.75) is 51.7 Å². The summed E-state index contributed by atoms with van der Waals surface area (Å²) in [5, 5.41) is 3.72. The second-order valence-corrected chi connectivity index (χ2v) is 12.6. The summed E-state index contributed by atoms with van der Waals surface area (Å²) >= 11 is 12.9. The van der Waals surface area contributed by atoms with Gasteiger partial charge in [0.2, 0.25) is 21.8 Å². The van der Waals surface area contributed by atoms with Crippen LogP contribution >= 0.6 is 23.2 Å². The number of halogens is 2. The summed E-state index contributed by atoms with van der Waals surface area (Å²) in [6.07, 6.45) is 1.69. The Morgan fingerprint density at radius 1 is 0.875 bits per heavy atom. The third kappa shape index (κ3) is 8.98. The van der Waals surface area contributed by atoms with Crippen LogP contribution < -0.4 is 9.62 Å². The molecule has 10 heteroatoms. The fourth-order valence-electron chi connectivity index (χ4n) is 4.39. The van der Waals surface area contributed by atoms with Gasteiger partial charge in [-0.05, 0) is 50.1 Å². The van der Waals surface area contributed by atoms with Crippen molar-refractivity contribution in [1.82, 2.24) is 10.2 Å². The molecule has 0 spiro atoms. The summed E-state index contributed by atoms with van der Waals surface area (Å²) in [6, 6.07) is 22.3. The fourth-order valence-corrected chi connectivity index (χ4v) is 5.87. The summed E-state index contributed by atoms with van der Waals surface area (Å²) < 4.78 is 26.3. The molecule has 1 atom stereocenters. The van der Waals surface area contributed by atoms with Crippen molar-refractivity contribution >= 4 is 50.7 Å². The monoisotopic (exact) mass is 603 g/mol. The molecule has 214 valence electrons. The van der Waals surface area contributed by atoms with E-state index in [0.717, 1.165) is 11.8 Å². The maximum atomic E-state index is 13.9. The Morgan fingerprint density at radius 2 is 1.45 bits per heavy atom. The molecule has 0 aliphatic heterocycles. The first kappa shape index (κ1) is 31.5. The van der Waals surface area contributed by atoms with E-state index in [9.17, 15) is 18.0 Å². The molecule has 0 fully saturated rings. The molecule has 0 saturated heterocycles. The van der Waals surface area contributed by atoms with Gasteiger partial charge in [-0.2, -0.15) is 0 Å². The molecule has 0 aromatic heterocycles. The Hall–Kier alpha value is -3.07. The predicted octanol–water partition coefficient (Wildman–Crippen LogP) is 5.70. The van der Waals surface area contributed by atoms with Crippen molar-refractivity contribution in [3.05, 3.63) is 100 Å². The number of carbonyl (C=O) groups is 2. The number of anilines is 1. The summed E-state index contributed by atoms with van der Waals surface area (Å²) in [5.41, 5.74) is 1.95. The molecule has 3 aromatic carbocycles. The average molecular weight is 605 g/mol. The van der Waals surface area contributed by atoms with Crippen molar-refractivity contribution < 1.29 is 18.0 Å². The van der Waals surface area contributed by atoms with E-state index in [-0.39, 0.29) is 50.2 Å². The van der Waals surface area contributed by atoms with Gasteiger partial charge in [0.1, 0.15) is 6.04 Å². The van der Waals surface area contributed by atoms with Crippen LogP contribution in [0.25, 0.3) is 0 Å². The molecule has 3 aromatic rings. The number of amides is 2. The predicted molar refractivity (Wildman–Crippen MR) is 162 cm³/mol. The second-order valence-electron chi connectivity index (χ2n) is 9.86. The van der Waals surface area contributed by atoms with Gasteiger partial charge in [0.05, 0.1) is 11.9 Å². The zero-order valence-corrected chi connectivity index (χ0v) is 25.2. The molecule has 0 aliphatic carbocycles. The van der Waals surface area contributed by atoms with E-state index >= 15 is 0 Å².